The van der Waals surface area contributed by atoms with Crippen molar-refractivity contribution in [2.24, 2.45) is 0 Å². The summed E-state index contributed by atoms with van der Waals surface area (Å²) in [7, 11) is 0. The molecular formula is C21H18ClN3O3. The lowest BCUT2D eigenvalue weighted by atomic mass is 10.2. The minimum absolute atomic E-state index is 0.124. The Morgan fingerprint density at radius 2 is 1.50 bits per heavy atom. The van der Waals surface area contributed by atoms with Gasteiger partial charge in [0.25, 0.3) is 11.8 Å². The number of benzene rings is 2. The van der Waals surface area contributed by atoms with Crippen LogP contribution in [-0.2, 0) is 0 Å². The molecule has 0 radical (unpaired) electrons. The van der Waals surface area contributed by atoms with E-state index in [1.165, 1.54) is 6.07 Å². The zero-order valence-corrected chi connectivity index (χ0v) is 15.9. The first-order valence-corrected chi connectivity index (χ1v) is 9.01. The van der Waals surface area contributed by atoms with Crippen molar-refractivity contribution < 1.29 is 14.3 Å². The quantitative estimate of drug-likeness (QED) is 0.637. The number of carbonyl (C=O) groups is 2. The van der Waals surface area contributed by atoms with Crippen LogP contribution < -0.4 is 15.4 Å². The first-order valence-electron chi connectivity index (χ1n) is 8.63. The third kappa shape index (κ3) is 5.08. The fraction of sp³-hybridized carbons (Fsp3) is 0.0952. The molecule has 7 heteroatoms. The summed E-state index contributed by atoms with van der Waals surface area (Å²) >= 11 is 5.92. The molecule has 0 aliphatic heterocycles. The summed E-state index contributed by atoms with van der Waals surface area (Å²) in [5.74, 6) is -0.127. The number of ether oxygens (including phenoxy) is 1. The van der Waals surface area contributed by atoms with E-state index in [1.54, 1.807) is 60.7 Å². The molecule has 0 fully saturated rings. The zero-order valence-electron chi connectivity index (χ0n) is 15.1. The minimum atomic E-state index is -0.432. The first kappa shape index (κ1) is 19.4. The van der Waals surface area contributed by atoms with Gasteiger partial charge in [-0.3, -0.25) is 9.59 Å². The second-order valence-corrected chi connectivity index (χ2v) is 6.22. The predicted octanol–water partition coefficient (Wildman–Crippen LogP) is 4.64. The van der Waals surface area contributed by atoms with Crippen molar-refractivity contribution in [1.29, 1.82) is 0 Å². The molecular weight excluding hydrogens is 378 g/mol. The molecule has 142 valence electrons. The molecule has 0 bridgehead atoms. The van der Waals surface area contributed by atoms with Gasteiger partial charge in [-0.05, 0) is 61.5 Å². The van der Waals surface area contributed by atoms with E-state index >= 15 is 0 Å². The Morgan fingerprint density at radius 3 is 2.11 bits per heavy atom. The number of halogens is 1. The van der Waals surface area contributed by atoms with Gasteiger partial charge in [-0.1, -0.05) is 23.7 Å². The van der Waals surface area contributed by atoms with Gasteiger partial charge < -0.3 is 15.4 Å². The molecule has 2 aromatic carbocycles. The Bertz CT molecular complexity index is 990. The van der Waals surface area contributed by atoms with Crippen molar-refractivity contribution in [1.82, 2.24) is 4.98 Å². The third-order valence-corrected chi connectivity index (χ3v) is 3.96. The molecule has 3 aromatic rings. The smallest absolute Gasteiger partial charge is 0.274 e. The molecule has 1 heterocycles. The number of nitrogens with zero attached hydrogens (tertiary/aromatic N) is 1. The zero-order chi connectivity index (χ0) is 19.9. The van der Waals surface area contributed by atoms with E-state index in [4.69, 9.17) is 16.3 Å². The molecule has 0 aliphatic rings. The molecule has 0 unspecified atom stereocenters. The predicted molar refractivity (Wildman–Crippen MR) is 109 cm³/mol. The SMILES string of the molecule is CCOc1ccc(NC(=O)c2cccc(C(=O)Nc3cccc(Cl)c3)n2)cc1. The maximum Gasteiger partial charge on any atom is 0.274 e. The van der Waals surface area contributed by atoms with Gasteiger partial charge in [-0.25, -0.2) is 4.98 Å². The van der Waals surface area contributed by atoms with Gasteiger partial charge in [-0.15, -0.1) is 0 Å². The number of aromatic nitrogens is 1. The third-order valence-electron chi connectivity index (χ3n) is 3.72. The topological polar surface area (TPSA) is 80.3 Å². The normalized spacial score (nSPS) is 10.2. The van der Waals surface area contributed by atoms with E-state index in [1.807, 2.05) is 6.92 Å². The molecule has 28 heavy (non-hydrogen) atoms. The Morgan fingerprint density at radius 1 is 0.893 bits per heavy atom. The van der Waals surface area contributed by atoms with Crippen LogP contribution in [0.25, 0.3) is 0 Å². The van der Waals surface area contributed by atoms with Crippen LogP contribution in [0.3, 0.4) is 0 Å². The van der Waals surface area contributed by atoms with E-state index in [9.17, 15) is 9.59 Å². The largest absolute Gasteiger partial charge is 0.494 e. The maximum absolute atomic E-state index is 12.4. The number of nitrogens with one attached hydrogen (secondary N) is 2. The Balaban J connectivity index is 1.69. The van der Waals surface area contributed by atoms with Crippen LogP contribution in [-0.4, -0.2) is 23.4 Å². The number of hydrogen-bond acceptors (Lipinski definition) is 4. The average molecular weight is 396 g/mol. The summed E-state index contributed by atoms with van der Waals surface area (Å²) in [4.78, 5) is 29.0. The van der Waals surface area contributed by atoms with Gasteiger partial charge in [0.2, 0.25) is 0 Å². The lowest BCUT2D eigenvalue weighted by molar-refractivity contribution is 0.101. The van der Waals surface area contributed by atoms with E-state index < -0.39 is 11.8 Å². The van der Waals surface area contributed by atoms with Gasteiger partial charge in [-0.2, -0.15) is 0 Å². The van der Waals surface area contributed by atoms with Crippen LogP contribution in [0, 0.1) is 0 Å². The number of pyridine rings is 1. The van der Waals surface area contributed by atoms with Crippen LogP contribution in [0.4, 0.5) is 11.4 Å². The standard InChI is InChI=1S/C21H18ClN3O3/c1-2-28-17-11-9-15(10-12-17)23-20(26)18-7-4-8-19(25-18)21(27)24-16-6-3-5-14(22)13-16/h3-13H,2H2,1H3,(H,23,26)(H,24,27). The molecule has 3 rings (SSSR count). The van der Waals surface area contributed by atoms with Gasteiger partial charge in [0.05, 0.1) is 6.61 Å². The second-order valence-electron chi connectivity index (χ2n) is 5.78. The van der Waals surface area contributed by atoms with Gasteiger partial charge in [0.1, 0.15) is 17.1 Å². The van der Waals surface area contributed by atoms with Crippen LogP contribution in [0.2, 0.25) is 5.02 Å². The fourth-order valence-corrected chi connectivity index (χ4v) is 2.64. The Hall–Kier alpha value is -3.38. The summed E-state index contributed by atoms with van der Waals surface area (Å²) in [6.45, 7) is 2.47. The van der Waals surface area contributed by atoms with Crippen LogP contribution in [0.15, 0.2) is 66.7 Å². The summed E-state index contributed by atoms with van der Waals surface area (Å²) in [6, 6.07) is 18.5. The number of amides is 2. The van der Waals surface area contributed by atoms with E-state index in [-0.39, 0.29) is 11.4 Å². The molecule has 0 spiro atoms. The number of rotatable bonds is 6. The van der Waals surface area contributed by atoms with Crippen molar-refractivity contribution in [2.75, 3.05) is 17.2 Å². The summed E-state index contributed by atoms with van der Waals surface area (Å²) in [6.07, 6.45) is 0. The van der Waals surface area contributed by atoms with Crippen molar-refractivity contribution in [3.05, 3.63) is 83.1 Å². The van der Waals surface area contributed by atoms with Crippen LogP contribution in [0.5, 0.6) is 5.75 Å². The van der Waals surface area contributed by atoms with E-state index in [2.05, 4.69) is 15.6 Å². The Kier molecular flexibility index (Phi) is 6.24. The Labute approximate surface area is 167 Å². The van der Waals surface area contributed by atoms with E-state index in [0.29, 0.717) is 23.0 Å². The molecule has 2 N–H and O–H groups in total. The summed E-state index contributed by atoms with van der Waals surface area (Å²) in [5, 5.41) is 5.95. The van der Waals surface area contributed by atoms with Gasteiger partial charge in [0, 0.05) is 16.4 Å². The summed E-state index contributed by atoms with van der Waals surface area (Å²) in [5.41, 5.74) is 1.40. The number of hydrogen-bond donors (Lipinski definition) is 2. The van der Waals surface area contributed by atoms with Crippen molar-refractivity contribution >= 4 is 34.8 Å². The summed E-state index contributed by atoms with van der Waals surface area (Å²) < 4.78 is 5.37. The van der Waals surface area contributed by atoms with Crippen LogP contribution >= 0.6 is 11.6 Å². The molecule has 0 saturated heterocycles. The average Bonchev–Trinajstić information content (AvgIpc) is 2.70. The molecule has 0 atom stereocenters. The van der Waals surface area contributed by atoms with Gasteiger partial charge in [0.15, 0.2) is 0 Å². The van der Waals surface area contributed by atoms with E-state index in [0.717, 1.165) is 5.75 Å². The van der Waals surface area contributed by atoms with Crippen molar-refractivity contribution in [3.63, 3.8) is 0 Å². The highest BCUT2D eigenvalue weighted by atomic mass is 35.5. The number of carbonyl (C=O) groups excluding carboxylic acids is 2. The highest BCUT2D eigenvalue weighted by molar-refractivity contribution is 6.31. The molecule has 1 aromatic heterocycles. The lowest BCUT2D eigenvalue weighted by Gasteiger charge is -2.08. The second kappa shape index (κ2) is 9.01. The lowest BCUT2D eigenvalue weighted by Crippen LogP contribution is -2.18. The van der Waals surface area contributed by atoms with Crippen molar-refractivity contribution in [3.8, 4) is 5.75 Å². The molecule has 0 saturated carbocycles. The van der Waals surface area contributed by atoms with Crippen LogP contribution in [0.1, 0.15) is 27.9 Å². The molecule has 0 aliphatic carbocycles. The first-order chi connectivity index (χ1) is 13.5. The van der Waals surface area contributed by atoms with Crippen molar-refractivity contribution in [2.45, 2.75) is 6.92 Å². The monoisotopic (exact) mass is 395 g/mol. The minimum Gasteiger partial charge on any atom is -0.494 e. The number of anilines is 2. The maximum atomic E-state index is 12.4. The molecule has 2 amide bonds. The highest BCUT2D eigenvalue weighted by Crippen LogP contribution is 2.17. The molecule has 6 nitrogen and oxygen atoms in total. The fourth-order valence-electron chi connectivity index (χ4n) is 2.45. The van der Waals surface area contributed by atoms with Gasteiger partial charge >= 0.3 is 0 Å². The highest BCUT2D eigenvalue weighted by Gasteiger charge is 2.13.